The Hall–Kier alpha value is -0.670. The second kappa shape index (κ2) is 3.64. The van der Waals surface area contributed by atoms with Crippen LogP contribution in [0.25, 0.3) is 0 Å². The Bertz CT molecular complexity index is 248. The highest BCUT2D eigenvalue weighted by Crippen LogP contribution is 2.20. The first-order valence-corrected chi connectivity index (χ1v) is 4.31. The van der Waals surface area contributed by atoms with Gasteiger partial charge in [-0.2, -0.15) is 0 Å². The molecule has 0 bridgehead atoms. The summed E-state index contributed by atoms with van der Waals surface area (Å²) in [6.07, 6.45) is 0. The van der Waals surface area contributed by atoms with E-state index < -0.39 is 0 Å². The Balaban J connectivity index is 2.99. The van der Waals surface area contributed by atoms with Gasteiger partial charge in [-0.15, -0.1) is 0 Å². The van der Waals surface area contributed by atoms with Crippen LogP contribution in [0.3, 0.4) is 0 Å². The Morgan fingerprint density at radius 3 is 2.64 bits per heavy atom. The van der Waals surface area contributed by atoms with Gasteiger partial charge in [-0.3, -0.25) is 5.14 Å². The third kappa shape index (κ3) is 1.88. The fourth-order valence-corrected chi connectivity index (χ4v) is 1.33. The molecule has 60 valence electrons. The van der Waals surface area contributed by atoms with Gasteiger partial charge < -0.3 is 5.32 Å². The van der Waals surface area contributed by atoms with E-state index in [2.05, 4.69) is 18.3 Å². The second-order valence-corrected chi connectivity index (χ2v) is 3.02. The summed E-state index contributed by atoms with van der Waals surface area (Å²) in [6, 6.07) is 6.11. The molecule has 0 saturated carbocycles. The normalized spacial score (nSPS) is 9.73. The van der Waals surface area contributed by atoms with Crippen LogP contribution in [-0.4, -0.2) is 7.05 Å². The van der Waals surface area contributed by atoms with Crippen LogP contribution in [0.1, 0.15) is 5.56 Å². The van der Waals surface area contributed by atoms with Crippen molar-refractivity contribution in [1.29, 1.82) is 0 Å². The second-order valence-electron chi connectivity index (χ2n) is 2.35. The van der Waals surface area contributed by atoms with Crippen molar-refractivity contribution in [3.63, 3.8) is 0 Å². The molecule has 0 fully saturated rings. The molecule has 0 radical (unpaired) electrons. The summed E-state index contributed by atoms with van der Waals surface area (Å²) in [7, 11) is 1.91. The number of aryl methyl sites for hydroxylation is 1. The summed E-state index contributed by atoms with van der Waals surface area (Å²) in [5.74, 6) is 0. The molecule has 0 aromatic heterocycles. The summed E-state index contributed by atoms with van der Waals surface area (Å²) < 4.78 is 0. The molecular weight excluding hydrogens is 156 g/mol. The quantitative estimate of drug-likeness (QED) is 0.663. The lowest BCUT2D eigenvalue weighted by Gasteiger charge is -2.04. The molecule has 0 saturated heterocycles. The Labute approximate surface area is 71.3 Å². The van der Waals surface area contributed by atoms with Gasteiger partial charge in [0.25, 0.3) is 0 Å². The third-order valence-electron chi connectivity index (χ3n) is 1.59. The van der Waals surface area contributed by atoms with E-state index in [1.807, 2.05) is 19.2 Å². The lowest BCUT2D eigenvalue weighted by Crippen LogP contribution is -1.90. The van der Waals surface area contributed by atoms with Crippen molar-refractivity contribution in [2.24, 2.45) is 5.14 Å². The predicted octanol–water partition coefficient (Wildman–Crippen LogP) is 2.00. The van der Waals surface area contributed by atoms with E-state index in [4.69, 9.17) is 5.14 Å². The van der Waals surface area contributed by atoms with E-state index in [0.717, 1.165) is 10.6 Å². The van der Waals surface area contributed by atoms with Crippen molar-refractivity contribution < 1.29 is 0 Å². The molecule has 3 heteroatoms. The number of anilines is 1. The molecule has 0 aliphatic rings. The summed E-state index contributed by atoms with van der Waals surface area (Å²) in [4.78, 5) is 1.13. The summed E-state index contributed by atoms with van der Waals surface area (Å²) in [5, 5.41) is 8.51. The monoisotopic (exact) mass is 168 g/mol. The summed E-state index contributed by atoms with van der Waals surface area (Å²) >= 11 is 1.29. The van der Waals surface area contributed by atoms with Gasteiger partial charge in [-0.1, -0.05) is 0 Å². The minimum absolute atomic E-state index is 1.13. The molecule has 11 heavy (non-hydrogen) atoms. The Kier molecular flexibility index (Phi) is 2.79. The van der Waals surface area contributed by atoms with Crippen LogP contribution in [0, 0.1) is 6.92 Å². The number of rotatable bonds is 2. The molecule has 1 aromatic carbocycles. The van der Waals surface area contributed by atoms with Gasteiger partial charge in [-0.25, -0.2) is 0 Å². The molecule has 1 rings (SSSR count). The van der Waals surface area contributed by atoms with Crippen LogP contribution in [0.15, 0.2) is 23.1 Å². The van der Waals surface area contributed by atoms with Gasteiger partial charge in [0.15, 0.2) is 0 Å². The summed E-state index contributed by atoms with van der Waals surface area (Å²) in [6.45, 7) is 2.05. The van der Waals surface area contributed by atoms with E-state index in [9.17, 15) is 0 Å². The van der Waals surface area contributed by atoms with E-state index in [0.29, 0.717) is 0 Å². The number of hydrogen-bond acceptors (Lipinski definition) is 3. The largest absolute Gasteiger partial charge is 0.388 e. The number of nitrogens with two attached hydrogens (primary N) is 1. The van der Waals surface area contributed by atoms with Gasteiger partial charge in [0.1, 0.15) is 0 Å². The van der Waals surface area contributed by atoms with Crippen LogP contribution in [-0.2, 0) is 0 Å². The van der Waals surface area contributed by atoms with Crippen molar-refractivity contribution >= 4 is 17.6 Å². The zero-order valence-corrected chi connectivity index (χ0v) is 7.53. The molecule has 3 N–H and O–H groups in total. The highest BCUT2D eigenvalue weighted by atomic mass is 32.2. The maximum absolute atomic E-state index is 5.44. The SMILES string of the molecule is CNc1ccc(SN)c(C)c1. The van der Waals surface area contributed by atoms with Gasteiger partial charge in [-0.05, 0) is 42.6 Å². The molecular formula is C8H12N2S. The minimum Gasteiger partial charge on any atom is -0.388 e. The molecule has 0 aliphatic heterocycles. The fraction of sp³-hybridized carbons (Fsp3) is 0.250. The maximum atomic E-state index is 5.44. The first-order chi connectivity index (χ1) is 5.27. The maximum Gasteiger partial charge on any atom is 0.0341 e. The molecule has 0 aliphatic carbocycles. The zero-order chi connectivity index (χ0) is 8.27. The predicted molar refractivity (Wildman–Crippen MR) is 50.8 cm³/mol. The molecule has 0 amide bonds. The van der Waals surface area contributed by atoms with Crippen molar-refractivity contribution in [1.82, 2.24) is 0 Å². The lowest BCUT2D eigenvalue weighted by atomic mass is 10.2. The molecule has 0 atom stereocenters. The van der Waals surface area contributed by atoms with Gasteiger partial charge >= 0.3 is 0 Å². The highest BCUT2D eigenvalue weighted by Gasteiger charge is 1.96. The first kappa shape index (κ1) is 8.43. The number of nitrogens with one attached hydrogen (secondary N) is 1. The Morgan fingerprint density at radius 2 is 2.18 bits per heavy atom. The first-order valence-electron chi connectivity index (χ1n) is 3.43. The topological polar surface area (TPSA) is 38.0 Å². The Morgan fingerprint density at radius 1 is 1.45 bits per heavy atom. The molecule has 0 unspecified atom stereocenters. The number of benzene rings is 1. The highest BCUT2D eigenvalue weighted by molar-refractivity contribution is 7.97. The van der Waals surface area contributed by atoms with Crippen LogP contribution in [0.4, 0.5) is 5.69 Å². The van der Waals surface area contributed by atoms with E-state index in [1.54, 1.807) is 0 Å². The van der Waals surface area contributed by atoms with Crippen molar-refractivity contribution in [2.45, 2.75) is 11.8 Å². The lowest BCUT2D eigenvalue weighted by molar-refractivity contribution is 1.29. The van der Waals surface area contributed by atoms with Crippen LogP contribution >= 0.6 is 11.9 Å². The standard InChI is InChI=1S/C8H12N2S/c1-6-5-7(10-2)3-4-8(6)11-9/h3-5,10H,9H2,1-2H3. The van der Waals surface area contributed by atoms with Gasteiger partial charge in [0.2, 0.25) is 0 Å². The van der Waals surface area contributed by atoms with Gasteiger partial charge in [0, 0.05) is 17.6 Å². The fourth-order valence-electron chi connectivity index (χ4n) is 0.937. The van der Waals surface area contributed by atoms with E-state index >= 15 is 0 Å². The van der Waals surface area contributed by atoms with Gasteiger partial charge in [0.05, 0.1) is 0 Å². The summed E-state index contributed by atoms with van der Waals surface area (Å²) in [5.41, 5.74) is 2.34. The molecule has 0 spiro atoms. The average molecular weight is 168 g/mol. The van der Waals surface area contributed by atoms with E-state index in [1.165, 1.54) is 17.5 Å². The molecule has 2 nitrogen and oxygen atoms in total. The van der Waals surface area contributed by atoms with Crippen LogP contribution in [0.2, 0.25) is 0 Å². The van der Waals surface area contributed by atoms with Crippen LogP contribution < -0.4 is 10.5 Å². The zero-order valence-electron chi connectivity index (χ0n) is 6.72. The van der Waals surface area contributed by atoms with Crippen molar-refractivity contribution in [3.05, 3.63) is 23.8 Å². The van der Waals surface area contributed by atoms with Crippen LogP contribution in [0.5, 0.6) is 0 Å². The third-order valence-corrected chi connectivity index (χ3v) is 2.30. The number of hydrogen-bond donors (Lipinski definition) is 2. The molecule has 0 heterocycles. The molecule has 1 aromatic rings. The van der Waals surface area contributed by atoms with Crippen molar-refractivity contribution in [2.75, 3.05) is 12.4 Å². The smallest absolute Gasteiger partial charge is 0.0341 e. The van der Waals surface area contributed by atoms with E-state index in [-0.39, 0.29) is 0 Å². The van der Waals surface area contributed by atoms with Crippen molar-refractivity contribution in [3.8, 4) is 0 Å². The minimum atomic E-state index is 1.13. The average Bonchev–Trinajstić information content (AvgIpc) is 2.04.